The van der Waals surface area contributed by atoms with Crippen LogP contribution in [0.5, 0.6) is 0 Å². The lowest BCUT2D eigenvalue weighted by Gasteiger charge is -2.41. The molecule has 2 aliphatic heterocycles. The predicted octanol–water partition coefficient (Wildman–Crippen LogP) is 3.67. The van der Waals surface area contributed by atoms with E-state index in [4.69, 9.17) is 11.6 Å². The van der Waals surface area contributed by atoms with Crippen LogP contribution >= 0.6 is 11.6 Å². The van der Waals surface area contributed by atoms with Crippen molar-refractivity contribution in [3.05, 3.63) is 71.4 Å². The maximum Gasteiger partial charge on any atom is 0.263 e. The van der Waals surface area contributed by atoms with Gasteiger partial charge in [-0.15, -0.1) is 5.10 Å². The maximum absolute atomic E-state index is 13.4. The Balaban J connectivity index is 0.00000336. The van der Waals surface area contributed by atoms with Crippen LogP contribution in [0.1, 0.15) is 20.3 Å². The second-order valence-corrected chi connectivity index (χ2v) is 11.4. The van der Waals surface area contributed by atoms with Crippen LogP contribution in [-0.4, -0.2) is 68.2 Å². The molecule has 1 fully saturated rings. The Kier molecular flexibility index (Phi) is 7.21. The minimum atomic E-state index is -3.76. The number of halogens is 1. The molecule has 1 aromatic heterocycles. The van der Waals surface area contributed by atoms with Crippen LogP contribution < -0.4 is 14.5 Å². The molecule has 196 valence electrons. The summed E-state index contributed by atoms with van der Waals surface area (Å²) in [6, 6.07) is 15.5. The van der Waals surface area contributed by atoms with Gasteiger partial charge in [-0.2, -0.15) is 5.10 Å². The molecule has 1 saturated heterocycles. The van der Waals surface area contributed by atoms with Crippen LogP contribution in [0.4, 0.5) is 17.2 Å². The van der Waals surface area contributed by atoms with Gasteiger partial charge in [-0.05, 0) is 79.9 Å². The van der Waals surface area contributed by atoms with Gasteiger partial charge in [0.15, 0.2) is 5.82 Å². The summed E-state index contributed by atoms with van der Waals surface area (Å²) in [4.78, 5) is 19.8. The molecule has 0 saturated carbocycles. The number of aromatic nitrogens is 2. The van der Waals surface area contributed by atoms with Crippen LogP contribution in [0, 0.1) is 0 Å². The predicted molar refractivity (Wildman–Crippen MR) is 147 cm³/mol. The highest BCUT2D eigenvalue weighted by atomic mass is 35.5. The van der Waals surface area contributed by atoms with Gasteiger partial charge in [-0.1, -0.05) is 11.6 Å². The number of aryl methyl sites for hydroxylation is 1. The third-order valence-corrected chi connectivity index (χ3v) is 8.54. The number of amides is 1. The number of nitrogens with zero attached hydrogens (tertiary/aromatic N) is 5. The van der Waals surface area contributed by atoms with E-state index in [-0.39, 0.29) is 24.1 Å². The lowest BCUT2D eigenvalue weighted by molar-refractivity contribution is -0.132. The molecular weight excluding hydrogens is 512 g/mol. The molecule has 37 heavy (non-hydrogen) atoms. The Morgan fingerprint density at radius 1 is 1.05 bits per heavy atom. The van der Waals surface area contributed by atoms with Crippen LogP contribution in [0.25, 0.3) is 0 Å². The number of rotatable bonds is 6. The van der Waals surface area contributed by atoms with Crippen LogP contribution in [0.3, 0.4) is 0 Å². The number of anilines is 3. The number of hydrogen-bond acceptors (Lipinski definition) is 7. The van der Waals surface area contributed by atoms with Gasteiger partial charge in [-0.3, -0.25) is 9.52 Å². The molecule has 2 aliphatic rings. The molecular formula is C26H31ClN6O3S. The van der Waals surface area contributed by atoms with Gasteiger partial charge in [0.2, 0.25) is 5.91 Å². The average Bonchev–Trinajstić information content (AvgIpc) is 2.92. The second-order valence-electron chi connectivity index (χ2n) is 9.27. The summed E-state index contributed by atoms with van der Waals surface area (Å²) >= 11 is 6.18. The number of carbonyl (C=O) groups is 1. The Hall–Kier alpha value is -3.37. The summed E-state index contributed by atoms with van der Waals surface area (Å²) in [6.07, 6.45) is 3.45. The average molecular weight is 543 g/mol. The number of fused-ring (bicyclic) bond motifs is 1. The minimum Gasteiger partial charge on any atom is -0.368 e. The Morgan fingerprint density at radius 3 is 2.51 bits per heavy atom. The zero-order chi connectivity index (χ0) is 26.0. The van der Waals surface area contributed by atoms with Crippen molar-refractivity contribution in [1.82, 2.24) is 15.1 Å². The summed E-state index contributed by atoms with van der Waals surface area (Å²) in [6.45, 7) is 5.40. The quantitative estimate of drug-likeness (QED) is 0.507. The lowest BCUT2D eigenvalue weighted by atomic mass is 10.00. The van der Waals surface area contributed by atoms with Gasteiger partial charge in [0.05, 0.1) is 4.90 Å². The molecule has 9 nitrogen and oxygen atoms in total. The highest BCUT2D eigenvalue weighted by Gasteiger charge is 2.31. The first kappa shape index (κ1) is 25.3. The smallest absolute Gasteiger partial charge is 0.263 e. The van der Waals surface area contributed by atoms with E-state index in [2.05, 4.69) is 24.7 Å². The summed E-state index contributed by atoms with van der Waals surface area (Å²) in [7, 11) is -3.76. The first-order valence-corrected chi connectivity index (χ1v) is 14.2. The third-order valence-electron chi connectivity index (χ3n) is 6.94. The van der Waals surface area contributed by atoms with Crippen molar-refractivity contribution in [2.24, 2.45) is 0 Å². The monoisotopic (exact) mass is 542 g/mol. The van der Waals surface area contributed by atoms with Crippen LogP contribution in [0.15, 0.2) is 65.7 Å². The number of hydrogen-bond donors (Lipinski definition) is 1. The summed E-state index contributed by atoms with van der Waals surface area (Å²) in [5.41, 5.74) is 3.21. The number of sulfonamides is 1. The Morgan fingerprint density at radius 2 is 1.81 bits per heavy atom. The third kappa shape index (κ3) is 5.50. The molecule has 0 spiro atoms. The molecule has 3 aromatic rings. The molecule has 1 amide bonds. The fraction of sp³-hybridized carbons (Fsp3) is 0.346. The molecule has 5 rings (SSSR count). The molecule has 11 heteroatoms. The molecule has 2 aromatic carbocycles. The minimum absolute atomic E-state index is 0. The zero-order valence-electron chi connectivity index (χ0n) is 20.5. The van der Waals surface area contributed by atoms with Gasteiger partial charge in [0, 0.05) is 56.7 Å². The molecule has 3 heterocycles. The number of benzene rings is 2. The summed E-state index contributed by atoms with van der Waals surface area (Å²) in [5, 5.41) is 8.18. The van der Waals surface area contributed by atoms with Gasteiger partial charge < -0.3 is 14.7 Å². The molecule has 0 unspecified atom stereocenters. The fourth-order valence-electron chi connectivity index (χ4n) is 4.97. The highest BCUT2D eigenvalue weighted by Crippen LogP contribution is 2.31. The second kappa shape index (κ2) is 10.5. The number of carbonyl (C=O) groups excluding carboxylic acids is 1. The van der Waals surface area contributed by atoms with E-state index in [0.29, 0.717) is 26.2 Å². The zero-order valence-corrected chi connectivity index (χ0v) is 22.1. The Bertz CT molecular complexity index is 1370. The summed E-state index contributed by atoms with van der Waals surface area (Å²) in [5.74, 6) is 0.289. The van der Waals surface area contributed by atoms with Gasteiger partial charge >= 0.3 is 0 Å². The van der Waals surface area contributed by atoms with Crippen molar-refractivity contribution in [2.75, 3.05) is 47.2 Å². The number of piperazine rings is 1. The first-order valence-electron chi connectivity index (χ1n) is 12.3. The van der Waals surface area contributed by atoms with Crippen LogP contribution in [-0.2, 0) is 21.2 Å². The van der Waals surface area contributed by atoms with E-state index >= 15 is 0 Å². The van der Waals surface area contributed by atoms with Crippen molar-refractivity contribution in [1.29, 1.82) is 0 Å². The normalized spacial score (nSPS) is 16.8. The SMILES string of the molecule is C[C@@H](C(=O)N1CCN(c2ccc(S(=O)(=O)Nc3cccnn3)cc2)CC1)N1CCCc2cc(Cl)ccc21.[HH]. The fourth-order valence-corrected chi connectivity index (χ4v) is 6.16. The standard InChI is InChI=1S/C26H29ClN6O3S.H2/c1-19(33-13-3-4-20-18-21(27)6-11-24(20)33)26(34)32-16-14-31(15-17-32)22-7-9-23(10-8-22)37(35,36)30-25-5-2-12-28-29-25;/h2,5-12,18-19H,3-4,13-17H2,1H3,(H,29,30);1H/t19-;/m0./s1. The topological polar surface area (TPSA) is 98.7 Å². The van der Waals surface area contributed by atoms with E-state index in [1.165, 1.54) is 11.8 Å². The molecule has 1 N–H and O–H groups in total. The van der Waals surface area contributed by atoms with E-state index in [0.717, 1.165) is 35.8 Å². The number of nitrogens with one attached hydrogen (secondary N) is 1. The van der Waals surface area contributed by atoms with Crippen molar-refractivity contribution in [2.45, 2.75) is 30.7 Å². The molecule has 0 bridgehead atoms. The first-order chi connectivity index (χ1) is 17.8. The van der Waals surface area contributed by atoms with Crippen LogP contribution in [0.2, 0.25) is 5.02 Å². The Labute approximate surface area is 223 Å². The summed E-state index contributed by atoms with van der Waals surface area (Å²) < 4.78 is 27.7. The maximum atomic E-state index is 13.4. The highest BCUT2D eigenvalue weighted by molar-refractivity contribution is 7.92. The largest absolute Gasteiger partial charge is 0.368 e. The van der Waals surface area contributed by atoms with E-state index < -0.39 is 10.0 Å². The molecule has 1 atom stereocenters. The van der Waals surface area contributed by atoms with Crippen molar-refractivity contribution in [3.63, 3.8) is 0 Å². The molecule has 0 radical (unpaired) electrons. The van der Waals surface area contributed by atoms with E-state index in [1.54, 1.807) is 36.4 Å². The van der Waals surface area contributed by atoms with Gasteiger partial charge in [0.25, 0.3) is 10.0 Å². The van der Waals surface area contributed by atoms with Gasteiger partial charge in [0.1, 0.15) is 6.04 Å². The van der Waals surface area contributed by atoms with Gasteiger partial charge in [-0.25, -0.2) is 8.42 Å². The van der Waals surface area contributed by atoms with E-state index in [1.807, 2.05) is 30.0 Å². The van der Waals surface area contributed by atoms with E-state index in [9.17, 15) is 13.2 Å². The van der Waals surface area contributed by atoms with Crippen molar-refractivity contribution < 1.29 is 14.6 Å². The lowest BCUT2D eigenvalue weighted by Crippen LogP contribution is -2.55. The van der Waals surface area contributed by atoms with Crippen molar-refractivity contribution in [3.8, 4) is 0 Å². The molecule has 0 aliphatic carbocycles. The van der Waals surface area contributed by atoms with Crippen molar-refractivity contribution >= 4 is 44.7 Å².